The summed E-state index contributed by atoms with van der Waals surface area (Å²) in [6.07, 6.45) is 1.04. The van der Waals surface area contributed by atoms with Gasteiger partial charge >= 0.3 is 0 Å². The van der Waals surface area contributed by atoms with Gasteiger partial charge < -0.3 is 16.0 Å². The molecule has 3 N–H and O–H groups in total. The molecule has 1 fully saturated rings. The first-order valence-electron chi connectivity index (χ1n) is 11.1. The van der Waals surface area contributed by atoms with Crippen LogP contribution in [0.15, 0.2) is 48.5 Å². The Morgan fingerprint density at radius 3 is 2.36 bits per heavy atom. The van der Waals surface area contributed by atoms with E-state index in [1.165, 1.54) is 11.6 Å². The van der Waals surface area contributed by atoms with Gasteiger partial charge in [-0.3, -0.25) is 14.4 Å². The van der Waals surface area contributed by atoms with Gasteiger partial charge in [-0.1, -0.05) is 43.6 Å². The number of primary amides is 1. The first-order valence-corrected chi connectivity index (χ1v) is 11.5. The van der Waals surface area contributed by atoms with Crippen LogP contribution in [0.5, 0.6) is 0 Å². The van der Waals surface area contributed by atoms with Gasteiger partial charge in [-0.25, -0.2) is 0 Å². The number of amides is 3. The Kier molecular flexibility index (Phi) is 7.17. The highest BCUT2D eigenvalue weighted by Gasteiger charge is 2.39. The number of halogens is 1. The predicted octanol–water partition coefficient (Wildman–Crippen LogP) is 4.38. The molecular formula is C26H32ClN3O3. The minimum Gasteiger partial charge on any atom is -0.366 e. The van der Waals surface area contributed by atoms with E-state index in [1.54, 1.807) is 18.2 Å². The van der Waals surface area contributed by atoms with Crippen molar-refractivity contribution in [3.8, 4) is 0 Å². The Balaban J connectivity index is 1.63. The molecule has 0 aliphatic carbocycles. The zero-order valence-electron chi connectivity index (χ0n) is 19.7. The SMILES string of the molecule is CC(C)(CC(=O)N1CCC(c2ccc(Cl)cc2)C(C)(C)C1)NC(=O)c1cccc(C(N)=O)c1. The van der Waals surface area contributed by atoms with Crippen LogP contribution >= 0.6 is 11.6 Å². The van der Waals surface area contributed by atoms with Crippen molar-refractivity contribution in [2.75, 3.05) is 13.1 Å². The first kappa shape index (κ1) is 24.8. The summed E-state index contributed by atoms with van der Waals surface area (Å²) in [6, 6.07) is 14.2. The van der Waals surface area contributed by atoms with Crippen molar-refractivity contribution in [1.82, 2.24) is 10.2 Å². The first-order chi connectivity index (χ1) is 15.4. The molecule has 0 saturated carbocycles. The van der Waals surface area contributed by atoms with Gasteiger partial charge in [0.2, 0.25) is 11.8 Å². The summed E-state index contributed by atoms with van der Waals surface area (Å²) in [5, 5.41) is 3.64. The van der Waals surface area contributed by atoms with Crippen molar-refractivity contribution in [1.29, 1.82) is 0 Å². The molecule has 0 bridgehead atoms. The number of piperidine rings is 1. The number of nitrogens with one attached hydrogen (secondary N) is 1. The number of hydrogen-bond acceptors (Lipinski definition) is 3. The summed E-state index contributed by atoms with van der Waals surface area (Å²) in [4.78, 5) is 39.2. The zero-order chi connectivity index (χ0) is 24.4. The number of carbonyl (C=O) groups excluding carboxylic acids is 3. The summed E-state index contributed by atoms with van der Waals surface area (Å²) in [6.45, 7) is 9.33. The average Bonchev–Trinajstić information content (AvgIpc) is 2.73. The van der Waals surface area contributed by atoms with E-state index in [-0.39, 0.29) is 29.2 Å². The Labute approximate surface area is 200 Å². The van der Waals surface area contributed by atoms with Gasteiger partial charge in [0.25, 0.3) is 5.91 Å². The van der Waals surface area contributed by atoms with Crippen LogP contribution in [0, 0.1) is 5.41 Å². The summed E-state index contributed by atoms with van der Waals surface area (Å²) in [5.74, 6) is -0.598. The Morgan fingerprint density at radius 2 is 1.76 bits per heavy atom. The second-order valence-corrected chi connectivity index (χ2v) is 10.6. The number of benzene rings is 2. The van der Waals surface area contributed by atoms with E-state index in [9.17, 15) is 14.4 Å². The monoisotopic (exact) mass is 469 g/mol. The quantitative estimate of drug-likeness (QED) is 0.657. The Hall–Kier alpha value is -2.86. The highest BCUT2D eigenvalue weighted by Crippen LogP contribution is 2.42. The Morgan fingerprint density at radius 1 is 1.12 bits per heavy atom. The van der Waals surface area contributed by atoms with Gasteiger partial charge in [-0.05, 0) is 67.5 Å². The van der Waals surface area contributed by atoms with Crippen LogP contribution in [-0.4, -0.2) is 41.2 Å². The normalized spacial score (nSPS) is 18.0. The van der Waals surface area contributed by atoms with Gasteiger partial charge in [0, 0.05) is 41.2 Å². The molecule has 0 spiro atoms. The van der Waals surface area contributed by atoms with E-state index in [1.807, 2.05) is 30.9 Å². The molecule has 1 saturated heterocycles. The molecule has 7 heteroatoms. The van der Waals surface area contributed by atoms with Crippen LogP contribution in [-0.2, 0) is 4.79 Å². The third kappa shape index (κ3) is 6.14. The maximum absolute atomic E-state index is 13.1. The summed E-state index contributed by atoms with van der Waals surface area (Å²) < 4.78 is 0. The standard InChI is InChI=1S/C26H32ClN3O3/c1-25(2)16-30(13-12-21(25)17-8-10-20(27)11-9-17)22(31)15-26(3,4)29-24(33)19-7-5-6-18(14-19)23(28)32/h5-11,14,21H,12-13,15-16H2,1-4H3,(H2,28,32)(H,29,33). The van der Waals surface area contributed by atoms with Crippen LogP contribution in [0.1, 0.15) is 72.7 Å². The maximum Gasteiger partial charge on any atom is 0.251 e. The molecule has 33 heavy (non-hydrogen) atoms. The molecule has 3 rings (SSSR count). The molecule has 176 valence electrons. The van der Waals surface area contributed by atoms with Crippen molar-refractivity contribution < 1.29 is 14.4 Å². The van der Waals surface area contributed by atoms with Crippen LogP contribution in [0.4, 0.5) is 0 Å². The fourth-order valence-electron chi connectivity index (χ4n) is 4.61. The maximum atomic E-state index is 13.1. The number of likely N-dealkylation sites (tertiary alicyclic amines) is 1. The van der Waals surface area contributed by atoms with Crippen molar-refractivity contribution in [2.24, 2.45) is 11.1 Å². The number of carbonyl (C=O) groups is 3. The van der Waals surface area contributed by atoms with E-state index in [2.05, 4.69) is 31.3 Å². The molecule has 0 radical (unpaired) electrons. The number of nitrogens with two attached hydrogens (primary N) is 1. The molecule has 1 unspecified atom stereocenters. The van der Waals surface area contributed by atoms with E-state index in [4.69, 9.17) is 17.3 Å². The fraction of sp³-hybridized carbons (Fsp3) is 0.423. The largest absolute Gasteiger partial charge is 0.366 e. The second-order valence-electron chi connectivity index (χ2n) is 10.2. The molecule has 1 aliphatic heterocycles. The minimum absolute atomic E-state index is 0.00816. The second kappa shape index (κ2) is 9.56. The van der Waals surface area contributed by atoms with Crippen molar-refractivity contribution >= 4 is 29.3 Å². The molecule has 1 heterocycles. The third-order valence-corrected chi connectivity index (χ3v) is 6.56. The molecular weight excluding hydrogens is 438 g/mol. The molecule has 2 aromatic rings. The lowest BCUT2D eigenvalue weighted by atomic mass is 9.70. The third-order valence-electron chi connectivity index (χ3n) is 6.31. The topological polar surface area (TPSA) is 92.5 Å². The summed E-state index contributed by atoms with van der Waals surface area (Å²) >= 11 is 6.04. The summed E-state index contributed by atoms with van der Waals surface area (Å²) in [7, 11) is 0. The van der Waals surface area contributed by atoms with Crippen molar-refractivity contribution in [3.63, 3.8) is 0 Å². The van der Waals surface area contributed by atoms with Gasteiger partial charge in [0.15, 0.2) is 0 Å². The smallest absolute Gasteiger partial charge is 0.251 e. The minimum atomic E-state index is -0.756. The molecule has 0 aromatic heterocycles. The van der Waals surface area contributed by atoms with Gasteiger partial charge in [-0.2, -0.15) is 0 Å². The number of nitrogens with zero attached hydrogens (tertiary/aromatic N) is 1. The molecule has 6 nitrogen and oxygen atoms in total. The lowest BCUT2D eigenvalue weighted by molar-refractivity contribution is -0.136. The predicted molar refractivity (Wildman–Crippen MR) is 130 cm³/mol. The average molecular weight is 470 g/mol. The van der Waals surface area contributed by atoms with E-state index >= 15 is 0 Å². The molecule has 2 aromatic carbocycles. The van der Waals surface area contributed by atoms with Crippen LogP contribution in [0.3, 0.4) is 0 Å². The van der Waals surface area contributed by atoms with E-state index < -0.39 is 11.4 Å². The van der Waals surface area contributed by atoms with Gasteiger partial charge in [0.05, 0.1) is 0 Å². The highest BCUT2D eigenvalue weighted by molar-refractivity contribution is 6.30. The van der Waals surface area contributed by atoms with Crippen molar-refractivity contribution in [3.05, 3.63) is 70.2 Å². The lowest BCUT2D eigenvalue weighted by Crippen LogP contribution is -2.51. The lowest BCUT2D eigenvalue weighted by Gasteiger charge is -2.45. The van der Waals surface area contributed by atoms with E-state index in [0.29, 0.717) is 24.6 Å². The van der Waals surface area contributed by atoms with Crippen LogP contribution in [0.25, 0.3) is 0 Å². The highest BCUT2D eigenvalue weighted by atomic mass is 35.5. The van der Waals surface area contributed by atoms with Gasteiger partial charge in [0.1, 0.15) is 0 Å². The van der Waals surface area contributed by atoms with Crippen LogP contribution in [0.2, 0.25) is 5.02 Å². The molecule has 3 amide bonds. The molecule has 1 aliphatic rings. The fourth-order valence-corrected chi connectivity index (χ4v) is 4.74. The Bertz CT molecular complexity index is 1050. The van der Waals surface area contributed by atoms with Crippen molar-refractivity contribution in [2.45, 2.75) is 52.0 Å². The number of rotatable bonds is 6. The summed E-state index contributed by atoms with van der Waals surface area (Å²) in [5.41, 5.74) is 6.29. The van der Waals surface area contributed by atoms with Gasteiger partial charge in [-0.15, -0.1) is 0 Å². The van der Waals surface area contributed by atoms with E-state index in [0.717, 1.165) is 11.4 Å². The number of hydrogen-bond donors (Lipinski definition) is 2. The van der Waals surface area contributed by atoms with Crippen LogP contribution < -0.4 is 11.1 Å². The molecule has 1 atom stereocenters. The zero-order valence-corrected chi connectivity index (χ0v) is 20.4.